The Balaban J connectivity index is 0.00000300. The Labute approximate surface area is 191 Å². The summed E-state index contributed by atoms with van der Waals surface area (Å²) >= 11 is 0. The van der Waals surface area contributed by atoms with E-state index in [4.69, 9.17) is 9.73 Å². The largest absolute Gasteiger partial charge is 0.382 e. The van der Waals surface area contributed by atoms with Crippen LogP contribution < -0.4 is 10.6 Å². The first-order valence-corrected chi connectivity index (χ1v) is 10.6. The van der Waals surface area contributed by atoms with Crippen molar-refractivity contribution in [1.82, 2.24) is 25.2 Å². The summed E-state index contributed by atoms with van der Waals surface area (Å²) in [7, 11) is 0. The van der Waals surface area contributed by atoms with Gasteiger partial charge in [0.25, 0.3) is 0 Å². The number of pyridine rings is 1. The molecule has 2 aromatic heterocycles. The highest BCUT2D eigenvalue weighted by Gasteiger charge is 2.33. The molecule has 1 aliphatic carbocycles. The molecule has 1 aliphatic rings. The highest BCUT2D eigenvalue weighted by atomic mass is 127. The van der Waals surface area contributed by atoms with Gasteiger partial charge in [0.1, 0.15) is 5.82 Å². The Morgan fingerprint density at radius 1 is 1.21 bits per heavy atom. The SMILES string of the molecule is CCNC(=NCC1(CCOCC)CCCC1)NCCc1nnc2ccccn12.I. The van der Waals surface area contributed by atoms with Gasteiger partial charge in [0.15, 0.2) is 11.6 Å². The first kappa shape index (κ1) is 23.9. The number of rotatable bonds is 10. The number of nitrogens with zero attached hydrogens (tertiary/aromatic N) is 4. The first-order valence-electron chi connectivity index (χ1n) is 10.6. The molecule has 0 bridgehead atoms. The van der Waals surface area contributed by atoms with Crippen molar-refractivity contribution in [3.05, 3.63) is 30.2 Å². The number of hydrogen-bond donors (Lipinski definition) is 2. The van der Waals surface area contributed by atoms with Crippen LogP contribution in [-0.4, -0.2) is 53.4 Å². The van der Waals surface area contributed by atoms with Crippen molar-refractivity contribution in [2.45, 2.75) is 52.4 Å². The fourth-order valence-corrected chi connectivity index (χ4v) is 3.99. The molecule has 0 atom stereocenters. The number of guanidine groups is 1. The van der Waals surface area contributed by atoms with Crippen LogP contribution in [0.4, 0.5) is 0 Å². The van der Waals surface area contributed by atoms with Gasteiger partial charge in [0.2, 0.25) is 0 Å². The zero-order valence-corrected chi connectivity index (χ0v) is 20.0. The van der Waals surface area contributed by atoms with E-state index in [0.29, 0.717) is 5.41 Å². The molecule has 162 valence electrons. The number of nitrogens with one attached hydrogen (secondary N) is 2. The average molecular weight is 514 g/mol. The van der Waals surface area contributed by atoms with E-state index in [9.17, 15) is 0 Å². The molecule has 0 unspecified atom stereocenters. The Morgan fingerprint density at radius 3 is 2.79 bits per heavy atom. The third-order valence-electron chi connectivity index (χ3n) is 5.59. The lowest BCUT2D eigenvalue weighted by atomic mass is 9.83. The van der Waals surface area contributed by atoms with Crippen molar-refractivity contribution in [2.75, 3.05) is 32.8 Å². The van der Waals surface area contributed by atoms with Gasteiger partial charge in [-0.1, -0.05) is 18.9 Å². The van der Waals surface area contributed by atoms with Crippen molar-refractivity contribution in [1.29, 1.82) is 0 Å². The van der Waals surface area contributed by atoms with Crippen molar-refractivity contribution >= 4 is 35.6 Å². The summed E-state index contributed by atoms with van der Waals surface area (Å²) in [5.74, 6) is 1.85. The third-order valence-corrected chi connectivity index (χ3v) is 5.59. The minimum absolute atomic E-state index is 0. The highest BCUT2D eigenvalue weighted by Crippen LogP contribution is 2.41. The molecule has 29 heavy (non-hydrogen) atoms. The van der Waals surface area contributed by atoms with Gasteiger partial charge in [-0.15, -0.1) is 34.2 Å². The summed E-state index contributed by atoms with van der Waals surface area (Å²) in [6.45, 7) is 8.29. The van der Waals surface area contributed by atoms with Crippen LogP contribution in [0.25, 0.3) is 5.65 Å². The van der Waals surface area contributed by atoms with Crippen LogP contribution in [0.5, 0.6) is 0 Å². The molecular weight excluding hydrogens is 479 g/mol. The summed E-state index contributed by atoms with van der Waals surface area (Å²) in [6.07, 6.45) is 9.05. The molecule has 2 aromatic rings. The quantitative estimate of drug-likeness (QED) is 0.220. The number of halogens is 1. The Hall–Kier alpha value is -1.42. The van der Waals surface area contributed by atoms with Crippen molar-refractivity contribution in [3.63, 3.8) is 0 Å². The number of aromatic nitrogens is 3. The molecule has 8 heteroatoms. The fourth-order valence-electron chi connectivity index (χ4n) is 3.99. The highest BCUT2D eigenvalue weighted by molar-refractivity contribution is 14.0. The van der Waals surface area contributed by atoms with Gasteiger partial charge in [-0.3, -0.25) is 9.39 Å². The van der Waals surface area contributed by atoms with Gasteiger partial charge in [0.05, 0.1) is 0 Å². The monoisotopic (exact) mass is 514 g/mol. The smallest absolute Gasteiger partial charge is 0.191 e. The molecule has 1 fully saturated rings. The Morgan fingerprint density at radius 2 is 2.03 bits per heavy atom. The van der Waals surface area contributed by atoms with Crippen LogP contribution >= 0.6 is 24.0 Å². The van der Waals surface area contributed by atoms with E-state index in [0.717, 1.165) is 63.1 Å². The predicted molar refractivity (Wildman–Crippen MR) is 128 cm³/mol. The van der Waals surface area contributed by atoms with Gasteiger partial charge in [-0.25, -0.2) is 0 Å². The van der Waals surface area contributed by atoms with E-state index >= 15 is 0 Å². The van der Waals surface area contributed by atoms with Crippen LogP contribution in [0.2, 0.25) is 0 Å². The van der Waals surface area contributed by atoms with E-state index in [-0.39, 0.29) is 24.0 Å². The second-order valence-electron chi connectivity index (χ2n) is 7.57. The maximum absolute atomic E-state index is 5.62. The van der Waals surface area contributed by atoms with Crippen LogP contribution in [-0.2, 0) is 11.2 Å². The number of aliphatic imine (C=N–C) groups is 1. The van der Waals surface area contributed by atoms with Crippen LogP contribution in [0.1, 0.15) is 51.8 Å². The Kier molecular flexibility index (Phi) is 10.1. The van der Waals surface area contributed by atoms with E-state index < -0.39 is 0 Å². The molecule has 0 radical (unpaired) electrons. The molecule has 7 nitrogen and oxygen atoms in total. The van der Waals surface area contributed by atoms with Crippen molar-refractivity contribution in [3.8, 4) is 0 Å². The van der Waals surface area contributed by atoms with Crippen molar-refractivity contribution in [2.24, 2.45) is 10.4 Å². The zero-order valence-electron chi connectivity index (χ0n) is 17.7. The van der Waals surface area contributed by atoms with Crippen LogP contribution in [0.3, 0.4) is 0 Å². The molecule has 2 heterocycles. The second kappa shape index (κ2) is 12.3. The van der Waals surface area contributed by atoms with E-state index in [1.807, 2.05) is 28.8 Å². The van der Waals surface area contributed by atoms with Gasteiger partial charge in [-0.05, 0) is 50.7 Å². The zero-order chi connectivity index (χ0) is 19.7. The lowest BCUT2D eigenvalue weighted by molar-refractivity contribution is 0.107. The maximum Gasteiger partial charge on any atom is 0.191 e. The van der Waals surface area contributed by atoms with E-state index in [1.165, 1.54) is 25.7 Å². The molecule has 2 N–H and O–H groups in total. The minimum atomic E-state index is 0. The number of ether oxygens (including phenoxy) is 1. The molecular formula is C21H35IN6O. The fraction of sp³-hybridized carbons (Fsp3) is 0.667. The van der Waals surface area contributed by atoms with E-state index in [1.54, 1.807) is 0 Å². The summed E-state index contributed by atoms with van der Waals surface area (Å²) in [5.41, 5.74) is 1.19. The maximum atomic E-state index is 5.62. The van der Waals surface area contributed by atoms with Crippen LogP contribution in [0, 0.1) is 5.41 Å². The molecule has 0 saturated heterocycles. The predicted octanol–water partition coefficient (Wildman–Crippen LogP) is 3.43. The number of fused-ring (bicyclic) bond motifs is 1. The molecule has 0 aliphatic heterocycles. The van der Waals surface area contributed by atoms with Gasteiger partial charge < -0.3 is 15.4 Å². The summed E-state index contributed by atoms with van der Waals surface area (Å²) in [6, 6.07) is 5.95. The second-order valence-corrected chi connectivity index (χ2v) is 7.57. The van der Waals surface area contributed by atoms with Gasteiger partial charge in [-0.2, -0.15) is 0 Å². The molecule has 0 spiro atoms. The normalized spacial score (nSPS) is 16.0. The average Bonchev–Trinajstić information content (AvgIpc) is 3.34. The molecule has 0 amide bonds. The van der Waals surface area contributed by atoms with Crippen molar-refractivity contribution < 1.29 is 4.74 Å². The summed E-state index contributed by atoms with van der Waals surface area (Å²) in [5, 5.41) is 15.3. The number of hydrogen-bond acceptors (Lipinski definition) is 4. The Bertz CT molecular complexity index is 756. The van der Waals surface area contributed by atoms with Gasteiger partial charge >= 0.3 is 0 Å². The first-order chi connectivity index (χ1) is 13.8. The van der Waals surface area contributed by atoms with Crippen LogP contribution in [0.15, 0.2) is 29.4 Å². The van der Waals surface area contributed by atoms with Gasteiger partial charge in [0, 0.05) is 45.5 Å². The molecule has 3 rings (SSSR count). The summed E-state index contributed by atoms with van der Waals surface area (Å²) in [4.78, 5) is 4.92. The lowest BCUT2D eigenvalue weighted by Crippen LogP contribution is -2.39. The summed E-state index contributed by atoms with van der Waals surface area (Å²) < 4.78 is 7.66. The molecule has 1 saturated carbocycles. The standard InChI is InChI=1S/C21H34N6O.HI/c1-3-22-20(24-17-21(11-6-7-12-21)13-16-28-4-2)23-14-10-19-26-25-18-9-5-8-15-27(18)19;/h5,8-9,15H,3-4,6-7,10-14,16-17H2,1-2H3,(H2,22,23,24);1H. The third kappa shape index (κ3) is 6.80. The molecule has 0 aromatic carbocycles. The van der Waals surface area contributed by atoms with E-state index in [2.05, 4.69) is 34.7 Å². The topological polar surface area (TPSA) is 75.8 Å². The minimum Gasteiger partial charge on any atom is -0.382 e. The lowest BCUT2D eigenvalue weighted by Gasteiger charge is -2.27.